The van der Waals surface area contributed by atoms with E-state index in [4.69, 9.17) is 9.73 Å². The first-order valence-electron chi connectivity index (χ1n) is 16.6. The summed E-state index contributed by atoms with van der Waals surface area (Å²) < 4.78 is 48.0. The zero-order valence-corrected chi connectivity index (χ0v) is 28.2. The Labute approximate surface area is 277 Å². The van der Waals surface area contributed by atoms with Gasteiger partial charge in [0.05, 0.1) is 22.7 Å². The molecule has 3 aliphatic rings. The van der Waals surface area contributed by atoms with Gasteiger partial charge in [-0.25, -0.2) is 22.3 Å². The molecule has 3 aromatic rings. The molecule has 6 rings (SSSR count). The summed E-state index contributed by atoms with van der Waals surface area (Å²) in [6.07, 6.45) is 6.74. The van der Waals surface area contributed by atoms with Gasteiger partial charge in [-0.05, 0) is 100 Å². The van der Waals surface area contributed by atoms with E-state index in [0.29, 0.717) is 48.6 Å². The highest BCUT2D eigenvalue weighted by Crippen LogP contribution is 2.43. The molecule has 250 valence electrons. The Kier molecular flexibility index (Phi) is 9.68. The van der Waals surface area contributed by atoms with E-state index in [-0.39, 0.29) is 23.1 Å². The van der Waals surface area contributed by atoms with Crippen molar-refractivity contribution in [3.63, 3.8) is 0 Å². The number of ether oxygens (including phenoxy) is 1. The molecule has 0 aromatic heterocycles. The quantitative estimate of drug-likeness (QED) is 0.273. The number of halogens is 1. The molecule has 2 aliphatic heterocycles. The molecular formula is C36H44FN5O4S. The molecule has 3 fully saturated rings. The molecule has 1 aliphatic carbocycles. The molecule has 0 bridgehead atoms. The Hall–Kier alpha value is -3.80. The van der Waals surface area contributed by atoms with Gasteiger partial charge in [-0.1, -0.05) is 43.5 Å². The highest BCUT2D eigenvalue weighted by Gasteiger charge is 2.53. The van der Waals surface area contributed by atoms with Crippen LogP contribution in [-0.4, -0.2) is 63.0 Å². The van der Waals surface area contributed by atoms with Crippen molar-refractivity contribution in [3.8, 4) is 16.9 Å². The van der Waals surface area contributed by atoms with E-state index < -0.39 is 21.4 Å². The number of carbonyl (C=O) groups excluding carboxylic acids is 1. The number of nitrogens with zero attached hydrogens (tertiary/aromatic N) is 3. The second-order valence-corrected chi connectivity index (χ2v) is 14.9. The number of hydrogen-bond donors (Lipinski definition) is 2. The normalized spacial score (nSPS) is 19.9. The number of amides is 2. The van der Waals surface area contributed by atoms with Crippen LogP contribution >= 0.6 is 0 Å². The van der Waals surface area contributed by atoms with E-state index in [1.54, 1.807) is 23.1 Å². The topological polar surface area (TPSA) is 103 Å². The van der Waals surface area contributed by atoms with Gasteiger partial charge in [-0.3, -0.25) is 20.1 Å². The Morgan fingerprint density at radius 1 is 1.02 bits per heavy atom. The van der Waals surface area contributed by atoms with Gasteiger partial charge in [-0.2, -0.15) is 0 Å². The van der Waals surface area contributed by atoms with Crippen molar-refractivity contribution in [2.75, 3.05) is 25.0 Å². The first-order chi connectivity index (χ1) is 22.6. The maximum Gasteiger partial charge on any atom is 0.328 e. The van der Waals surface area contributed by atoms with E-state index in [1.165, 1.54) is 37.7 Å². The van der Waals surface area contributed by atoms with Crippen LogP contribution in [0.1, 0.15) is 64.4 Å². The fourth-order valence-electron chi connectivity index (χ4n) is 7.11. The Balaban J connectivity index is 1.35. The van der Waals surface area contributed by atoms with Crippen LogP contribution in [0, 0.1) is 5.82 Å². The second kappa shape index (κ2) is 13.7. The average molecular weight is 662 g/mol. The summed E-state index contributed by atoms with van der Waals surface area (Å²) in [4.78, 5) is 23.4. The number of carbonyl (C=O) groups is 1. The van der Waals surface area contributed by atoms with E-state index in [1.807, 2.05) is 26.0 Å². The monoisotopic (exact) mass is 661 g/mol. The summed E-state index contributed by atoms with van der Waals surface area (Å²) in [7, 11) is -2.27. The fourth-order valence-corrected chi connectivity index (χ4v) is 7.84. The smallest absolute Gasteiger partial charge is 0.328 e. The highest BCUT2D eigenvalue weighted by atomic mass is 32.2. The summed E-state index contributed by atoms with van der Waals surface area (Å²) in [6.45, 7) is 6.20. The van der Waals surface area contributed by atoms with Gasteiger partial charge in [-0.15, -0.1) is 0 Å². The van der Waals surface area contributed by atoms with Crippen molar-refractivity contribution in [1.82, 2.24) is 14.9 Å². The third-order valence-electron chi connectivity index (χ3n) is 9.49. The number of urea groups is 1. The van der Waals surface area contributed by atoms with Crippen molar-refractivity contribution in [2.24, 2.45) is 4.99 Å². The van der Waals surface area contributed by atoms with Crippen LogP contribution in [0.3, 0.4) is 0 Å². The van der Waals surface area contributed by atoms with E-state index in [0.717, 1.165) is 43.5 Å². The van der Waals surface area contributed by atoms with Gasteiger partial charge in [0, 0.05) is 25.2 Å². The standard InChI is InChI=1S/C36H44FN5O4S/c1-25(2)46-30-11-7-8-26(22-30)24-41-20-18-36(19-21-41)34(39-29-9-5-4-6-10-29)40-35(43)42(36)33-23-28(37)14-17-32(33)27-12-15-31(16-13-27)47(44,45)38-3/h7-8,11-17,22-23,25,29,38H,4-6,9-10,18-21,24H2,1-3H3,(H,39,40,43). The lowest BCUT2D eigenvalue weighted by Crippen LogP contribution is -2.57. The van der Waals surface area contributed by atoms with Gasteiger partial charge >= 0.3 is 6.03 Å². The van der Waals surface area contributed by atoms with Crippen LogP contribution in [0.4, 0.5) is 14.9 Å². The third-order valence-corrected chi connectivity index (χ3v) is 10.9. The van der Waals surface area contributed by atoms with Crippen LogP contribution in [0.2, 0.25) is 0 Å². The number of sulfonamides is 1. The van der Waals surface area contributed by atoms with Crippen LogP contribution in [0.5, 0.6) is 5.75 Å². The lowest BCUT2D eigenvalue weighted by molar-refractivity contribution is 0.183. The zero-order chi connectivity index (χ0) is 33.2. The van der Waals surface area contributed by atoms with E-state index in [2.05, 4.69) is 27.1 Å². The number of piperidine rings is 1. The summed E-state index contributed by atoms with van der Waals surface area (Å²) in [6, 6.07) is 18.8. The lowest BCUT2D eigenvalue weighted by atomic mass is 9.84. The SMILES string of the molecule is CNS(=O)(=O)c1ccc(-c2ccc(F)cc2N2C(=O)NC(=NC3CCCCC3)C23CCN(Cc2cccc(OC(C)C)c2)CC3)cc1. The molecule has 0 atom stereocenters. The first-order valence-corrected chi connectivity index (χ1v) is 18.1. The number of benzene rings is 3. The van der Waals surface area contributed by atoms with Crippen molar-refractivity contribution in [1.29, 1.82) is 0 Å². The molecule has 0 unspecified atom stereocenters. The zero-order valence-electron chi connectivity index (χ0n) is 27.3. The van der Waals surface area contributed by atoms with Crippen molar-refractivity contribution >= 4 is 27.6 Å². The van der Waals surface area contributed by atoms with E-state index in [9.17, 15) is 13.2 Å². The van der Waals surface area contributed by atoms with E-state index >= 15 is 4.39 Å². The molecule has 47 heavy (non-hydrogen) atoms. The molecule has 2 heterocycles. The largest absolute Gasteiger partial charge is 0.491 e. The van der Waals surface area contributed by atoms with Gasteiger partial charge in [0.1, 0.15) is 22.9 Å². The van der Waals surface area contributed by atoms with Crippen LogP contribution < -0.4 is 19.7 Å². The van der Waals surface area contributed by atoms with Crippen LogP contribution in [0.25, 0.3) is 11.1 Å². The molecule has 9 nitrogen and oxygen atoms in total. The minimum absolute atomic E-state index is 0.0902. The number of anilines is 1. The van der Waals surface area contributed by atoms with Gasteiger partial charge in [0.25, 0.3) is 0 Å². The molecule has 2 saturated heterocycles. The average Bonchev–Trinajstić information content (AvgIpc) is 3.31. The maximum atomic E-state index is 15.1. The minimum atomic E-state index is -3.63. The van der Waals surface area contributed by atoms with Crippen molar-refractivity contribution in [3.05, 3.63) is 78.1 Å². The lowest BCUT2D eigenvalue weighted by Gasteiger charge is -2.44. The molecule has 11 heteroatoms. The minimum Gasteiger partial charge on any atom is -0.491 e. The number of amidine groups is 1. The highest BCUT2D eigenvalue weighted by molar-refractivity contribution is 7.89. The molecule has 3 aromatic carbocycles. The van der Waals surface area contributed by atoms with Crippen molar-refractivity contribution in [2.45, 2.75) is 87.9 Å². The van der Waals surface area contributed by atoms with Gasteiger partial charge in [0.2, 0.25) is 10.0 Å². The second-order valence-electron chi connectivity index (χ2n) is 13.1. The summed E-state index contributed by atoms with van der Waals surface area (Å²) in [5.41, 5.74) is 2.14. The fraction of sp³-hybridized carbons (Fsp3) is 0.444. The molecule has 2 amide bonds. The number of nitrogens with one attached hydrogen (secondary N) is 2. The van der Waals surface area contributed by atoms with Gasteiger partial charge < -0.3 is 4.74 Å². The summed E-state index contributed by atoms with van der Waals surface area (Å²) in [5.74, 6) is 1.06. The number of likely N-dealkylation sites (tertiary alicyclic amines) is 1. The Morgan fingerprint density at radius 2 is 1.74 bits per heavy atom. The molecule has 0 radical (unpaired) electrons. The van der Waals surface area contributed by atoms with Gasteiger partial charge in [0.15, 0.2) is 0 Å². The first kappa shape index (κ1) is 33.1. The molecule has 1 spiro atoms. The predicted molar refractivity (Wildman–Crippen MR) is 183 cm³/mol. The summed E-state index contributed by atoms with van der Waals surface area (Å²) in [5, 5.41) is 3.13. The molecule has 2 N–H and O–H groups in total. The maximum absolute atomic E-state index is 15.1. The number of aliphatic imine (C=N–C) groups is 1. The van der Waals surface area contributed by atoms with Crippen molar-refractivity contribution < 1.29 is 22.3 Å². The molecular weight excluding hydrogens is 617 g/mol. The Morgan fingerprint density at radius 3 is 2.43 bits per heavy atom. The predicted octanol–water partition coefficient (Wildman–Crippen LogP) is 6.48. The van der Waals surface area contributed by atoms with Crippen LogP contribution in [-0.2, 0) is 16.6 Å². The summed E-state index contributed by atoms with van der Waals surface area (Å²) >= 11 is 0. The Bertz CT molecular complexity index is 1730. The number of rotatable bonds is 9. The number of hydrogen-bond acceptors (Lipinski definition) is 6. The molecule has 1 saturated carbocycles. The third kappa shape index (κ3) is 7.07. The van der Waals surface area contributed by atoms with Crippen LogP contribution in [0.15, 0.2) is 76.6 Å².